The maximum atomic E-state index is 5.38. The van der Waals surface area contributed by atoms with Gasteiger partial charge in [-0.2, -0.15) is 0 Å². The molecule has 0 radical (unpaired) electrons. The standard InChI is InChI=1S/C11H6BrNO/c12-10-6-8-5-7-3-1-2-4-9(7)13-11(8)14-10/h1-6H. The van der Waals surface area contributed by atoms with E-state index in [1.807, 2.05) is 30.3 Å². The Bertz CT molecular complexity index is 562. The van der Waals surface area contributed by atoms with Crippen LogP contribution in [-0.2, 0) is 0 Å². The first-order valence-corrected chi connectivity index (χ1v) is 5.07. The maximum Gasteiger partial charge on any atom is 0.228 e. The number of para-hydroxylation sites is 1. The van der Waals surface area contributed by atoms with Crippen LogP contribution in [0.5, 0.6) is 0 Å². The summed E-state index contributed by atoms with van der Waals surface area (Å²) in [5.41, 5.74) is 1.64. The number of rotatable bonds is 0. The number of halogens is 1. The van der Waals surface area contributed by atoms with Crippen LogP contribution in [-0.4, -0.2) is 4.98 Å². The molecule has 0 saturated heterocycles. The van der Waals surface area contributed by atoms with Crippen molar-refractivity contribution in [2.45, 2.75) is 0 Å². The van der Waals surface area contributed by atoms with Crippen molar-refractivity contribution in [2.24, 2.45) is 0 Å². The molecule has 0 saturated carbocycles. The highest BCUT2D eigenvalue weighted by molar-refractivity contribution is 9.10. The van der Waals surface area contributed by atoms with Gasteiger partial charge < -0.3 is 4.42 Å². The SMILES string of the molecule is Brc1cc2cc3ccccc3nc2o1. The predicted octanol–water partition coefficient (Wildman–Crippen LogP) is 3.74. The predicted molar refractivity (Wildman–Crippen MR) is 59.2 cm³/mol. The molecule has 0 unspecified atom stereocenters. The van der Waals surface area contributed by atoms with Crippen molar-refractivity contribution in [1.82, 2.24) is 4.98 Å². The second-order valence-corrected chi connectivity index (χ2v) is 3.91. The summed E-state index contributed by atoms with van der Waals surface area (Å²) in [5, 5.41) is 2.16. The molecule has 0 N–H and O–H groups in total. The average molecular weight is 248 g/mol. The molecule has 2 heterocycles. The second kappa shape index (κ2) is 2.82. The first kappa shape index (κ1) is 8.00. The van der Waals surface area contributed by atoms with Crippen LogP contribution in [0.25, 0.3) is 22.0 Å². The lowest BCUT2D eigenvalue weighted by atomic mass is 10.2. The zero-order valence-electron chi connectivity index (χ0n) is 7.20. The van der Waals surface area contributed by atoms with Crippen LogP contribution in [0, 0.1) is 0 Å². The van der Waals surface area contributed by atoms with Crippen LogP contribution in [0.15, 0.2) is 45.5 Å². The summed E-state index contributed by atoms with van der Waals surface area (Å²) < 4.78 is 6.10. The Morgan fingerprint density at radius 3 is 2.86 bits per heavy atom. The smallest absolute Gasteiger partial charge is 0.228 e. The Balaban J connectivity index is 2.51. The van der Waals surface area contributed by atoms with E-state index in [-0.39, 0.29) is 0 Å². The Morgan fingerprint density at radius 1 is 1.07 bits per heavy atom. The average Bonchev–Trinajstić information content (AvgIpc) is 2.53. The molecule has 0 amide bonds. The van der Waals surface area contributed by atoms with Gasteiger partial charge in [-0.25, -0.2) is 4.98 Å². The zero-order valence-corrected chi connectivity index (χ0v) is 8.78. The maximum absolute atomic E-state index is 5.38. The van der Waals surface area contributed by atoms with Gasteiger partial charge in [-0.1, -0.05) is 18.2 Å². The zero-order chi connectivity index (χ0) is 9.54. The van der Waals surface area contributed by atoms with E-state index in [0.717, 1.165) is 21.0 Å². The van der Waals surface area contributed by atoms with E-state index in [1.54, 1.807) is 0 Å². The van der Waals surface area contributed by atoms with Gasteiger partial charge in [0.1, 0.15) is 0 Å². The number of pyridine rings is 1. The van der Waals surface area contributed by atoms with E-state index in [2.05, 4.69) is 27.0 Å². The Hall–Kier alpha value is -1.35. The number of furan rings is 1. The van der Waals surface area contributed by atoms with Gasteiger partial charge in [0.05, 0.1) is 5.52 Å². The summed E-state index contributed by atoms with van der Waals surface area (Å²) in [7, 11) is 0. The minimum Gasteiger partial charge on any atom is -0.431 e. The van der Waals surface area contributed by atoms with Crippen molar-refractivity contribution < 1.29 is 4.42 Å². The highest BCUT2D eigenvalue weighted by atomic mass is 79.9. The minimum atomic E-state index is 0.676. The summed E-state index contributed by atoms with van der Waals surface area (Å²) in [6.45, 7) is 0. The summed E-state index contributed by atoms with van der Waals surface area (Å²) in [5.74, 6) is 0. The first-order chi connectivity index (χ1) is 6.83. The Labute approximate surface area is 88.7 Å². The van der Waals surface area contributed by atoms with Gasteiger partial charge in [-0.15, -0.1) is 0 Å². The van der Waals surface area contributed by atoms with Crippen molar-refractivity contribution in [2.75, 3.05) is 0 Å². The van der Waals surface area contributed by atoms with Gasteiger partial charge >= 0.3 is 0 Å². The number of fused-ring (bicyclic) bond motifs is 2. The highest BCUT2D eigenvalue weighted by Gasteiger charge is 2.03. The van der Waals surface area contributed by atoms with E-state index < -0.39 is 0 Å². The fourth-order valence-electron chi connectivity index (χ4n) is 1.54. The molecular formula is C11H6BrNO. The number of hydrogen-bond acceptors (Lipinski definition) is 2. The van der Waals surface area contributed by atoms with Crippen molar-refractivity contribution >= 4 is 37.9 Å². The van der Waals surface area contributed by atoms with Gasteiger partial charge in [0, 0.05) is 16.8 Å². The van der Waals surface area contributed by atoms with Crippen LogP contribution in [0.3, 0.4) is 0 Å². The second-order valence-electron chi connectivity index (χ2n) is 3.13. The molecule has 0 aliphatic carbocycles. The third kappa shape index (κ3) is 1.13. The molecule has 0 bridgehead atoms. The first-order valence-electron chi connectivity index (χ1n) is 4.28. The van der Waals surface area contributed by atoms with E-state index in [0.29, 0.717) is 5.71 Å². The van der Waals surface area contributed by atoms with Gasteiger partial charge in [0.2, 0.25) is 5.71 Å². The van der Waals surface area contributed by atoms with Crippen molar-refractivity contribution in [3.8, 4) is 0 Å². The lowest BCUT2D eigenvalue weighted by Crippen LogP contribution is -1.77. The lowest BCUT2D eigenvalue weighted by molar-refractivity contribution is 0.577. The third-order valence-electron chi connectivity index (χ3n) is 2.18. The summed E-state index contributed by atoms with van der Waals surface area (Å²) in [6.07, 6.45) is 0. The molecule has 0 spiro atoms. The molecule has 0 atom stereocenters. The number of nitrogens with zero attached hydrogens (tertiary/aromatic N) is 1. The van der Waals surface area contributed by atoms with E-state index in [4.69, 9.17) is 4.42 Å². The van der Waals surface area contributed by atoms with Crippen molar-refractivity contribution in [1.29, 1.82) is 0 Å². The van der Waals surface area contributed by atoms with Crippen molar-refractivity contribution in [3.63, 3.8) is 0 Å². The molecule has 3 aromatic rings. The van der Waals surface area contributed by atoms with Crippen LogP contribution in [0.4, 0.5) is 0 Å². The monoisotopic (exact) mass is 247 g/mol. The molecule has 2 aromatic heterocycles. The third-order valence-corrected chi connectivity index (χ3v) is 2.57. The van der Waals surface area contributed by atoms with E-state index >= 15 is 0 Å². The van der Waals surface area contributed by atoms with Crippen LogP contribution < -0.4 is 0 Å². The normalized spacial score (nSPS) is 11.2. The molecular weight excluding hydrogens is 242 g/mol. The van der Waals surface area contributed by atoms with Crippen LogP contribution >= 0.6 is 15.9 Å². The van der Waals surface area contributed by atoms with E-state index in [1.165, 1.54) is 0 Å². The molecule has 0 aliphatic heterocycles. The lowest BCUT2D eigenvalue weighted by Gasteiger charge is -1.94. The van der Waals surface area contributed by atoms with Crippen molar-refractivity contribution in [3.05, 3.63) is 41.1 Å². The fraction of sp³-hybridized carbons (Fsp3) is 0. The molecule has 3 rings (SSSR count). The molecule has 1 aromatic carbocycles. The largest absolute Gasteiger partial charge is 0.431 e. The van der Waals surface area contributed by atoms with Gasteiger partial charge in [-0.05, 0) is 28.1 Å². The summed E-state index contributed by atoms with van der Waals surface area (Å²) in [6, 6.07) is 12.0. The van der Waals surface area contributed by atoms with Gasteiger partial charge in [0.25, 0.3) is 0 Å². The molecule has 0 fully saturated rings. The molecule has 0 aliphatic rings. The summed E-state index contributed by atoms with van der Waals surface area (Å²) in [4.78, 5) is 4.40. The fourth-order valence-corrected chi connectivity index (χ4v) is 1.94. The molecule has 2 nitrogen and oxygen atoms in total. The molecule has 3 heteroatoms. The topological polar surface area (TPSA) is 26.0 Å². The highest BCUT2D eigenvalue weighted by Crippen LogP contribution is 2.25. The van der Waals surface area contributed by atoms with Crippen LogP contribution in [0.2, 0.25) is 0 Å². The van der Waals surface area contributed by atoms with Gasteiger partial charge in [0.15, 0.2) is 4.67 Å². The minimum absolute atomic E-state index is 0.676. The van der Waals surface area contributed by atoms with E-state index in [9.17, 15) is 0 Å². The Kier molecular flexibility index (Phi) is 1.61. The summed E-state index contributed by atoms with van der Waals surface area (Å²) >= 11 is 3.29. The number of aromatic nitrogens is 1. The Morgan fingerprint density at radius 2 is 1.93 bits per heavy atom. The van der Waals surface area contributed by atoms with Crippen LogP contribution in [0.1, 0.15) is 0 Å². The van der Waals surface area contributed by atoms with Gasteiger partial charge in [-0.3, -0.25) is 0 Å². The number of benzene rings is 1. The molecule has 68 valence electrons. The number of hydrogen-bond donors (Lipinski definition) is 0. The molecule has 14 heavy (non-hydrogen) atoms. The quantitative estimate of drug-likeness (QED) is 0.605.